The lowest BCUT2D eigenvalue weighted by Gasteiger charge is -2.25. The maximum absolute atomic E-state index is 13.0. The third-order valence-corrected chi connectivity index (χ3v) is 5.14. The summed E-state index contributed by atoms with van der Waals surface area (Å²) < 4.78 is 6.36. The van der Waals surface area contributed by atoms with Crippen LogP contribution in [0.25, 0.3) is 10.7 Å². The van der Waals surface area contributed by atoms with E-state index in [0.717, 1.165) is 4.88 Å². The summed E-state index contributed by atoms with van der Waals surface area (Å²) in [6, 6.07) is 9.38. The number of aromatic nitrogens is 3. The number of nitrogens with zero attached hydrogens (tertiary/aromatic N) is 3. The summed E-state index contributed by atoms with van der Waals surface area (Å²) in [7, 11) is 1.27. The number of hydrogen-bond acceptors (Lipinski definition) is 7. The highest BCUT2D eigenvalue weighted by molar-refractivity contribution is 7.13. The Morgan fingerprint density at radius 1 is 1.25 bits per heavy atom. The van der Waals surface area contributed by atoms with Gasteiger partial charge in [-0.25, -0.2) is 4.79 Å². The van der Waals surface area contributed by atoms with E-state index in [1.54, 1.807) is 28.8 Å². The van der Waals surface area contributed by atoms with Gasteiger partial charge in [0.1, 0.15) is 6.04 Å². The lowest BCUT2D eigenvalue weighted by Crippen LogP contribution is -2.36. The van der Waals surface area contributed by atoms with E-state index < -0.39 is 17.9 Å². The molecule has 142 valence electrons. The van der Waals surface area contributed by atoms with E-state index in [1.807, 2.05) is 17.5 Å². The summed E-state index contributed by atoms with van der Waals surface area (Å²) in [5, 5.41) is 15.4. The van der Waals surface area contributed by atoms with E-state index in [1.165, 1.54) is 18.4 Å². The number of fused-ring (bicyclic) bond motifs is 1. The number of anilines is 2. The van der Waals surface area contributed by atoms with Crippen LogP contribution < -0.4 is 10.6 Å². The molecule has 3 aromatic rings. The molecule has 28 heavy (non-hydrogen) atoms. The highest BCUT2D eigenvalue weighted by atomic mass is 32.1. The number of methoxy groups -OCH3 is 1. The monoisotopic (exact) mass is 397 g/mol. The summed E-state index contributed by atoms with van der Waals surface area (Å²) in [5.74, 6) is -0.655. The average Bonchev–Trinajstić information content (AvgIpc) is 3.36. The fourth-order valence-corrected chi connectivity index (χ4v) is 3.70. The summed E-state index contributed by atoms with van der Waals surface area (Å²) in [4.78, 5) is 37.9. The van der Waals surface area contributed by atoms with E-state index in [2.05, 4.69) is 20.8 Å². The Hall–Kier alpha value is -3.53. The predicted octanol–water partition coefficient (Wildman–Crippen LogP) is 2.32. The molecule has 2 N–H and O–H groups in total. The van der Waals surface area contributed by atoms with E-state index in [9.17, 15) is 14.4 Å². The van der Waals surface area contributed by atoms with Crippen LogP contribution >= 0.6 is 11.3 Å². The number of benzene rings is 1. The fraction of sp³-hybridized carbons (Fsp3) is 0.167. The number of thiophene rings is 1. The second-order valence-corrected chi connectivity index (χ2v) is 6.94. The molecule has 1 atom stereocenters. The van der Waals surface area contributed by atoms with Crippen molar-refractivity contribution < 1.29 is 19.1 Å². The van der Waals surface area contributed by atoms with Gasteiger partial charge in [-0.2, -0.15) is 0 Å². The Morgan fingerprint density at radius 2 is 2.07 bits per heavy atom. The minimum atomic E-state index is -0.860. The molecule has 0 saturated heterocycles. The van der Waals surface area contributed by atoms with Gasteiger partial charge in [-0.05, 0) is 23.6 Å². The third-order valence-electron chi connectivity index (χ3n) is 4.27. The van der Waals surface area contributed by atoms with Crippen molar-refractivity contribution in [1.29, 1.82) is 0 Å². The normalized spacial score (nSPS) is 15.5. The van der Waals surface area contributed by atoms with Crippen LogP contribution in [0, 0.1) is 0 Å². The lowest BCUT2D eigenvalue weighted by atomic mass is 10.1. The molecule has 1 aliphatic heterocycles. The highest BCUT2D eigenvalue weighted by Gasteiger charge is 2.35. The van der Waals surface area contributed by atoms with E-state index in [0.29, 0.717) is 11.5 Å². The van der Waals surface area contributed by atoms with Crippen molar-refractivity contribution in [2.75, 3.05) is 17.7 Å². The van der Waals surface area contributed by atoms with Crippen LogP contribution in [0.3, 0.4) is 0 Å². The molecule has 9 nitrogen and oxygen atoms in total. The van der Waals surface area contributed by atoms with Gasteiger partial charge in [0.25, 0.3) is 0 Å². The van der Waals surface area contributed by atoms with Gasteiger partial charge in [0.2, 0.25) is 17.8 Å². The van der Waals surface area contributed by atoms with Crippen molar-refractivity contribution in [1.82, 2.24) is 14.8 Å². The second kappa shape index (κ2) is 7.24. The van der Waals surface area contributed by atoms with Gasteiger partial charge in [0, 0.05) is 0 Å². The molecule has 1 unspecified atom stereocenters. The average molecular weight is 397 g/mol. The van der Waals surface area contributed by atoms with Crippen molar-refractivity contribution in [3.8, 4) is 10.7 Å². The van der Waals surface area contributed by atoms with E-state index >= 15 is 0 Å². The molecule has 0 saturated carbocycles. The van der Waals surface area contributed by atoms with Gasteiger partial charge >= 0.3 is 5.97 Å². The number of ether oxygens (including phenoxy) is 1. The molecule has 0 aliphatic carbocycles. The number of para-hydroxylation sites is 1. The van der Waals surface area contributed by atoms with Gasteiger partial charge in [-0.15, -0.1) is 21.5 Å². The van der Waals surface area contributed by atoms with Crippen molar-refractivity contribution in [2.45, 2.75) is 12.5 Å². The molecule has 4 rings (SSSR count). The zero-order valence-corrected chi connectivity index (χ0v) is 15.5. The Morgan fingerprint density at radius 3 is 2.82 bits per heavy atom. The SMILES string of the molecule is COC(=O)c1ccccc1NC(=O)C1CC(=O)Nc2nnc(-c3cccs3)n21. The number of carbonyl (C=O) groups excluding carboxylic acids is 3. The minimum Gasteiger partial charge on any atom is -0.465 e. The summed E-state index contributed by atoms with van der Waals surface area (Å²) >= 11 is 1.45. The van der Waals surface area contributed by atoms with Crippen LogP contribution in [0.15, 0.2) is 41.8 Å². The van der Waals surface area contributed by atoms with Crippen LogP contribution in [0.2, 0.25) is 0 Å². The van der Waals surface area contributed by atoms with Gasteiger partial charge in [-0.1, -0.05) is 18.2 Å². The fourth-order valence-electron chi connectivity index (χ4n) is 2.99. The topological polar surface area (TPSA) is 115 Å². The van der Waals surface area contributed by atoms with Crippen molar-refractivity contribution in [2.24, 2.45) is 0 Å². The number of esters is 1. The first-order valence-electron chi connectivity index (χ1n) is 8.35. The highest BCUT2D eigenvalue weighted by Crippen LogP contribution is 2.33. The molecule has 1 aromatic carbocycles. The zero-order chi connectivity index (χ0) is 19.7. The summed E-state index contributed by atoms with van der Waals surface area (Å²) in [6.07, 6.45) is -0.0738. The standard InChI is InChI=1S/C18H15N5O4S/c1-27-17(26)10-5-2-3-6-11(10)19-16(25)12-9-14(24)20-18-22-21-15(23(12)18)13-7-4-8-28-13/h2-8,12H,9H2,1H3,(H,19,25)(H,20,22,24). The van der Waals surface area contributed by atoms with Gasteiger partial charge in [0.15, 0.2) is 5.82 Å². The Kier molecular flexibility index (Phi) is 4.62. The molecule has 0 spiro atoms. The van der Waals surface area contributed by atoms with E-state index in [4.69, 9.17) is 4.74 Å². The Balaban J connectivity index is 1.70. The Labute approximate surface area is 163 Å². The quantitative estimate of drug-likeness (QED) is 0.653. The first kappa shape index (κ1) is 17.9. The molecule has 2 amide bonds. The molecule has 1 aliphatic rings. The zero-order valence-electron chi connectivity index (χ0n) is 14.7. The molecule has 0 radical (unpaired) electrons. The van der Waals surface area contributed by atoms with Crippen molar-refractivity contribution in [3.05, 3.63) is 47.3 Å². The first-order chi connectivity index (χ1) is 13.6. The third kappa shape index (κ3) is 3.14. The molecular formula is C18H15N5O4S. The summed E-state index contributed by atoms with van der Waals surface area (Å²) in [6.45, 7) is 0. The Bertz CT molecular complexity index is 1060. The molecule has 3 heterocycles. The second-order valence-electron chi connectivity index (χ2n) is 5.99. The van der Waals surface area contributed by atoms with Crippen LogP contribution in [-0.4, -0.2) is 39.7 Å². The molecule has 10 heteroatoms. The molecule has 2 aromatic heterocycles. The van der Waals surface area contributed by atoms with Crippen LogP contribution in [-0.2, 0) is 14.3 Å². The number of rotatable bonds is 4. The van der Waals surface area contributed by atoms with Crippen LogP contribution in [0.5, 0.6) is 0 Å². The first-order valence-corrected chi connectivity index (χ1v) is 9.23. The van der Waals surface area contributed by atoms with Crippen LogP contribution in [0.4, 0.5) is 11.6 Å². The van der Waals surface area contributed by atoms with Crippen LogP contribution in [0.1, 0.15) is 22.8 Å². The number of amides is 2. The molecule has 0 fully saturated rings. The van der Waals surface area contributed by atoms with Gasteiger partial charge < -0.3 is 10.1 Å². The largest absolute Gasteiger partial charge is 0.465 e. The maximum Gasteiger partial charge on any atom is 0.339 e. The molecule has 0 bridgehead atoms. The summed E-state index contributed by atoms with van der Waals surface area (Å²) in [5.41, 5.74) is 0.527. The number of hydrogen-bond donors (Lipinski definition) is 2. The maximum atomic E-state index is 13.0. The number of carbonyl (C=O) groups is 3. The molecular weight excluding hydrogens is 382 g/mol. The van der Waals surface area contributed by atoms with E-state index in [-0.39, 0.29) is 23.8 Å². The van der Waals surface area contributed by atoms with Gasteiger partial charge in [-0.3, -0.25) is 19.5 Å². The van der Waals surface area contributed by atoms with Crippen molar-refractivity contribution in [3.63, 3.8) is 0 Å². The van der Waals surface area contributed by atoms with Gasteiger partial charge in [0.05, 0.1) is 29.7 Å². The number of nitrogens with one attached hydrogen (secondary N) is 2. The lowest BCUT2D eigenvalue weighted by molar-refractivity contribution is -0.125. The smallest absolute Gasteiger partial charge is 0.339 e. The predicted molar refractivity (Wildman–Crippen MR) is 102 cm³/mol. The minimum absolute atomic E-state index is 0.0738. The van der Waals surface area contributed by atoms with Crippen molar-refractivity contribution >= 4 is 40.8 Å².